The highest BCUT2D eigenvalue weighted by Gasteiger charge is 2.47. The van der Waals surface area contributed by atoms with Crippen LogP contribution in [-0.2, 0) is 9.53 Å². The Hall–Kier alpha value is -1.58. The summed E-state index contributed by atoms with van der Waals surface area (Å²) in [4.78, 5) is 18.1. The Morgan fingerprint density at radius 2 is 2.03 bits per heavy atom. The summed E-state index contributed by atoms with van der Waals surface area (Å²) in [5.74, 6) is -0.594. The monoisotopic (exact) mass is 476 g/mol. The van der Waals surface area contributed by atoms with Crippen molar-refractivity contribution in [2.75, 3.05) is 59.5 Å². The molecule has 0 aromatic heterocycles. The molecule has 3 heterocycles. The average molecular weight is 477 g/mol. The summed E-state index contributed by atoms with van der Waals surface area (Å²) in [6.07, 6.45) is 1.16. The molecule has 0 aliphatic carbocycles. The number of hydrogen-bond donors (Lipinski definition) is 2. The number of hydrogen-bond acceptors (Lipinski definition) is 5. The zero-order valence-corrected chi connectivity index (χ0v) is 20.4. The number of rotatable bonds is 6. The largest absolute Gasteiger partial charge is 0.392 e. The van der Waals surface area contributed by atoms with Crippen LogP contribution in [0.2, 0.25) is 0 Å². The highest BCUT2D eigenvalue weighted by Crippen LogP contribution is 2.45. The number of aliphatic hydroxyl groups is 2. The van der Waals surface area contributed by atoms with Crippen molar-refractivity contribution in [3.8, 4) is 0 Å². The number of carbonyl (C=O) groups excluding carboxylic acids is 1. The van der Waals surface area contributed by atoms with Crippen molar-refractivity contribution in [2.45, 2.75) is 44.3 Å². The smallest absolute Gasteiger partial charge is 0.227 e. The van der Waals surface area contributed by atoms with Crippen LogP contribution < -0.4 is 5.32 Å². The number of ether oxygens (including phenoxy) is 1. The van der Waals surface area contributed by atoms with Crippen LogP contribution in [0.3, 0.4) is 0 Å². The number of halogens is 1. The Balaban J connectivity index is 1.73. The molecular formula is C26H39FN3O4. The van der Waals surface area contributed by atoms with Crippen LogP contribution >= 0.6 is 0 Å². The molecule has 3 aliphatic rings. The van der Waals surface area contributed by atoms with Crippen LogP contribution in [0.25, 0.3) is 0 Å². The van der Waals surface area contributed by atoms with Crippen molar-refractivity contribution in [3.05, 3.63) is 35.1 Å². The molecule has 4 rings (SSSR count). The van der Waals surface area contributed by atoms with Gasteiger partial charge in [0, 0.05) is 58.8 Å². The second-order valence-electron chi connectivity index (χ2n) is 10.3. The van der Waals surface area contributed by atoms with Gasteiger partial charge in [0.1, 0.15) is 5.82 Å². The van der Waals surface area contributed by atoms with E-state index in [1.807, 2.05) is 6.07 Å². The van der Waals surface area contributed by atoms with E-state index in [-0.39, 0.29) is 35.4 Å². The first-order valence-electron chi connectivity index (χ1n) is 12.6. The second kappa shape index (κ2) is 11.4. The van der Waals surface area contributed by atoms with E-state index in [4.69, 9.17) is 4.74 Å². The van der Waals surface area contributed by atoms with E-state index in [0.717, 1.165) is 18.5 Å². The average Bonchev–Trinajstić information content (AvgIpc) is 2.83. The maximum Gasteiger partial charge on any atom is 0.227 e. The molecule has 0 saturated carbocycles. The lowest BCUT2D eigenvalue weighted by atomic mass is 9.65. The Labute approximate surface area is 202 Å². The zero-order chi connectivity index (χ0) is 24.2. The van der Waals surface area contributed by atoms with Gasteiger partial charge in [0.2, 0.25) is 5.91 Å². The van der Waals surface area contributed by atoms with Crippen molar-refractivity contribution in [1.29, 1.82) is 0 Å². The molecule has 4 unspecified atom stereocenters. The van der Waals surface area contributed by atoms with E-state index >= 15 is 0 Å². The molecule has 1 aromatic rings. The topological polar surface area (TPSA) is 87.3 Å². The molecule has 189 valence electrons. The highest BCUT2D eigenvalue weighted by molar-refractivity contribution is 5.80. The SMILES string of the molecule is COCCN1CC(C(=O)N2CCCC(O)C2)C(c2cccc(F)c2C)C([C@H]2C[N]C[C@H](O)C2)C1. The molecule has 7 nitrogen and oxygen atoms in total. The first kappa shape index (κ1) is 25.5. The number of carbonyl (C=O) groups is 1. The van der Waals surface area contributed by atoms with Gasteiger partial charge in [-0.15, -0.1) is 0 Å². The number of benzene rings is 1. The summed E-state index contributed by atoms with van der Waals surface area (Å²) in [6.45, 7) is 6.49. The lowest BCUT2D eigenvalue weighted by molar-refractivity contribution is -0.143. The fourth-order valence-corrected chi connectivity index (χ4v) is 6.27. The molecular weight excluding hydrogens is 437 g/mol. The molecule has 1 radical (unpaired) electrons. The van der Waals surface area contributed by atoms with Crippen LogP contribution in [0.15, 0.2) is 18.2 Å². The van der Waals surface area contributed by atoms with E-state index in [2.05, 4.69) is 10.2 Å². The molecule has 6 atom stereocenters. The summed E-state index contributed by atoms with van der Waals surface area (Å²) in [5.41, 5.74) is 1.47. The number of β-amino-alcohol motifs (C(OH)–C–C–N with tert-alkyl or cyclic N) is 1. The first-order chi connectivity index (χ1) is 16.4. The predicted molar refractivity (Wildman–Crippen MR) is 127 cm³/mol. The molecule has 0 spiro atoms. The van der Waals surface area contributed by atoms with Crippen LogP contribution in [0.4, 0.5) is 4.39 Å². The summed E-state index contributed by atoms with van der Waals surface area (Å²) >= 11 is 0. The minimum Gasteiger partial charge on any atom is -0.392 e. The lowest BCUT2D eigenvalue weighted by Gasteiger charge is -2.49. The van der Waals surface area contributed by atoms with E-state index in [1.165, 1.54) is 6.07 Å². The van der Waals surface area contributed by atoms with Crippen molar-refractivity contribution < 1.29 is 24.1 Å². The molecule has 8 heteroatoms. The van der Waals surface area contributed by atoms with E-state index < -0.39 is 12.2 Å². The minimum absolute atomic E-state index is 0.0350. The number of methoxy groups -OCH3 is 1. The van der Waals surface area contributed by atoms with Gasteiger partial charge in [-0.05, 0) is 55.2 Å². The van der Waals surface area contributed by atoms with E-state index in [0.29, 0.717) is 64.3 Å². The van der Waals surface area contributed by atoms with Gasteiger partial charge in [0.15, 0.2) is 0 Å². The fourth-order valence-electron chi connectivity index (χ4n) is 6.27. The first-order valence-corrected chi connectivity index (χ1v) is 12.6. The molecule has 0 bridgehead atoms. The zero-order valence-electron chi connectivity index (χ0n) is 20.4. The maximum absolute atomic E-state index is 14.7. The maximum atomic E-state index is 14.7. The van der Waals surface area contributed by atoms with Gasteiger partial charge in [0.05, 0.1) is 24.7 Å². The molecule has 3 fully saturated rings. The van der Waals surface area contributed by atoms with Gasteiger partial charge in [0.25, 0.3) is 0 Å². The van der Waals surface area contributed by atoms with Gasteiger partial charge in [-0.25, -0.2) is 9.71 Å². The Morgan fingerprint density at radius 1 is 1.21 bits per heavy atom. The van der Waals surface area contributed by atoms with Crippen molar-refractivity contribution in [1.82, 2.24) is 15.1 Å². The third-order valence-corrected chi connectivity index (χ3v) is 8.01. The molecule has 34 heavy (non-hydrogen) atoms. The Kier molecular flexibility index (Phi) is 8.58. The number of aliphatic hydroxyl groups excluding tert-OH is 2. The number of piperidine rings is 3. The molecule has 3 saturated heterocycles. The van der Waals surface area contributed by atoms with Gasteiger partial charge in [-0.3, -0.25) is 9.69 Å². The normalized spacial score (nSPS) is 33.1. The lowest BCUT2D eigenvalue weighted by Crippen LogP contribution is -2.56. The quantitative estimate of drug-likeness (QED) is 0.648. The molecule has 1 aromatic carbocycles. The fraction of sp³-hybridized carbons (Fsp3) is 0.731. The molecule has 1 amide bonds. The Bertz CT molecular complexity index is 840. The van der Waals surface area contributed by atoms with Crippen LogP contribution in [0.1, 0.15) is 36.3 Å². The third kappa shape index (κ3) is 5.62. The standard InChI is InChI=1S/C26H39FN3O4/c1-17-21(6-3-7-24(17)27)25-22(18-11-20(32)13-28-12-18)15-29(9-10-34-2)16-23(25)26(33)30-8-4-5-19(31)14-30/h3,6-7,18-20,22-23,25,31-32H,4-5,8-16H2,1-2H3/t18-,19?,20-,22?,23?,25?/m1/s1. The van der Waals surface area contributed by atoms with Crippen molar-refractivity contribution >= 4 is 5.91 Å². The minimum atomic E-state index is -0.497. The van der Waals surface area contributed by atoms with E-state index in [9.17, 15) is 19.4 Å². The third-order valence-electron chi connectivity index (χ3n) is 8.01. The van der Waals surface area contributed by atoms with Gasteiger partial charge in [-0.2, -0.15) is 0 Å². The summed E-state index contributed by atoms with van der Waals surface area (Å²) in [5, 5.41) is 25.2. The van der Waals surface area contributed by atoms with Gasteiger partial charge in [-0.1, -0.05) is 12.1 Å². The predicted octanol–water partition coefficient (Wildman–Crippen LogP) is 1.38. The molecule has 2 N–H and O–H groups in total. The summed E-state index contributed by atoms with van der Waals surface area (Å²) in [6, 6.07) is 5.17. The van der Waals surface area contributed by atoms with Crippen LogP contribution in [0, 0.1) is 30.5 Å². The van der Waals surface area contributed by atoms with Crippen LogP contribution in [0.5, 0.6) is 0 Å². The Morgan fingerprint density at radius 3 is 2.76 bits per heavy atom. The van der Waals surface area contributed by atoms with Gasteiger partial charge < -0.3 is 19.8 Å². The number of amides is 1. The number of nitrogens with zero attached hydrogens (tertiary/aromatic N) is 3. The molecule has 3 aliphatic heterocycles. The summed E-state index contributed by atoms with van der Waals surface area (Å²) < 4.78 is 20.1. The van der Waals surface area contributed by atoms with Crippen LogP contribution in [-0.4, -0.2) is 97.7 Å². The second-order valence-corrected chi connectivity index (χ2v) is 10.3. The van der Waals surface area contributed by atoms with Crippen molar-refractivity contribution in [2.24, 2.45) is 17.8 Å². The van der Waals surface area contributed by atoms with E-state index in [1.54, 1.807) is 25.0 Å². The van der Waals surface area contributed by atoms with Crippen molar-refractivity contribution in [3.63, 3.8) is 0 Å². The number of likely N-dealkylation sites (tertiary alicyclic amines) is 2. The summed E-state index contributed by atoms with van der Waals surface area (Å²) in [7, 11) is 1.68. The van der Waals surface area contributed by atoms with Gasteiger partial charge >= 0.3 is 0 Å². The highest BCUT2D eigenvalue weighted by atomic mass is 19.1.